The number of hydrogen-bond donors (Lipinski definition) is 2. The zero-order chi connectivity index (χ0) is 15.4. The topological polar surface area (TPSA) is 37.0 Å². The molecule has 2 aromatic rings. The lowest BCUT2D eigenvalue weighted by atomic mass is 10.1. The van der Waals surface area contributed by atoms with Gasteiger partial charge in [0.25, 0.3) is 0 Å². The monoisotopic (exact) mass is 327 g/mol. The van der Waals surface area contributed by atoms with Gasteiger partial charge in [-0.05, 0) is 37.1 Å². The molecule has 0 amide bonds. The summed E-state index contributed by atoms with van der Waals surface area (Å²) in [7, 11) is 1.74. The predicted octanol–water partition coefficient (Wildman–Crippen LogP) is 4.61. The highest BCUT2D eigenvalue weighted by molar-refractivity contribution is 6.37. The third-order valence-corrected chi connectivity index (χ3v) is 3.58. The van der Waals surface area contributed by atoms with Crippen molar-refractivity contribution in [3.05, 3.63) is 51.8 Å². The van der Waals surface area contributed by atoms with Crippen LogP contribution in [0.5, 0.6) is 0 Å². The van der Waals surface area contributed by atoms with Gasteiger partial charge >= 0.3 is 0 Å². The van der Waals surface area contributed by atoms with Crippen LogP contribution in [0.4, 0.5) is 16.0 Å². The van der Waals surface area contributed by atoms with E-state index in [-0.39, 0.29) is 11.9 Å². The van der Waals surface area contributed by atoms with Crippen LogP contribution in [0.2, 0.25) is 10.0 Å². The van der Waals surface area contributed by atoms with Crippen LogP contribution >= 0.6 is 23.2 Å². The first-order chi connectivity index (χ1) is 9.99. The van der Waals surface area contributed by atoms with Crippen LogP contribution in [0.25, 0.3) is 0 Å². The normalized spacial score (nSPS) is 12.0. The molecule has 1 heterocycles. The van der Waals surface area contributed by atoms with Crippen LogP contribution in [-0.4, -0.2) is 18.1 Å². The van der Waals surface area contributed by atoms with Gasteiger partial charge in [-0.3, -0.25) is 0 Å². The van der Waals surface area contributed by atoms with Crippen molar-refractivity contribution in [2.45, 2.75) is 19.4 Å². The van der Waals surface area contributed by atoms with Gasteiger partial charge in [0.2, 0.25) is 0 Å². The Morgan fingerprint density at radius 3 is 2.38 bits per heavy atom. The molecular weight excluding hydrogens is 312 g/mol. The van der Waals surface area contributed by atoms with E-state index < -0.39 is 0 Å². The van der Waals surface area contributed by atoms with Crippen molar-refractivity contribution in [1.29, 1.82) is 0 Å². The average molecular weight is 328 g/mol. The Kier molecular flexibility index (Phi) is 5.26. The lowest BCUT2D eigenvalue weighted by molar-refractivity contribution is 0.626. The zero-order valence-electron chi connectivity index (χ0n) is 11.8. The number of nitrogens with one attached hydrogen (secondary N) is 2. The van der Waals surface area contributed by atoms with E-state index in [1.54, 1.807) is 25.2 Å². The Morgan fingerprint density at radius 2 is 1.76 bits per heavy atom. The maximum atomic E-state index is 12.9. The molecule has 0 saturated heterocycles. The molecule has 0 radical (unpaired) electrons. The van der Waals surface area contributed by atoms with Crippen molar-refractivity contribution in [1.82, 2.24) is 4.98 Å². The highest BCUT2D eigenvalue weighted by atomic mass is 35.5. The van der Waals surface area contributed by atoms with E-state index in [1.807, 2.05) is 6.92 Å². The Labute approximate surface area is 133 Å². The molecule has 112 valence electrons. The molecule has 6 heteroatoms. The van der Waals surface area contributed by atoms with Gasteiger partial charge in [0.05, 0.1) is 10.0 Å². The second kappa shape index (κ2) is 6.96. The summed E-state index contributed by atoms with van der Waals surface area (Å²) < 4.78 is 12.9. The summed E-state index contributed by atoms with van der Waals surface area (Å²) in [6, 6.07) is 8.18. The van der Waals surface area contributed by atoms with Gasteiger partial charge in [-0.2, -0.15) is 0 Å². The quantitative estimate of drug-likeness (QED) is 0.841. The summed E-state index contributed by atoms with van der Waals surface area (Å²) in [5.41, 5.74) is 1.04. The Hall–Kier alpha value is -1.52. The second-order valence-corrected chi connectivity index (χ2v) is 5.59. The molecule has 0 spiro atoms. The number of rotatable bonds is 5. The number of hydrogen-bond acceptors (Lipinski definition) is 3. The Balaban J connectivity index is 2.08. The number of pyridine rings is 1. The summed E-state index contributed by atoms with van der Waals surface area (Å²) in [5, 5.41) is 7.08. The lowest BCUT2D eigenvalue weighted by Crippen LogP contribution is -2.19. The van der Waals surface area contributed by atoms with E-state index >= 15 is 0 Å². The number of anilines is 2. The molecule has 3 nitrogen and oxygen atoms in total. The van der Waals surface area contributed by atoms with Crippen molar-refractivity contribution in [2.75, 3.05) is 17.7 Å². The molecule has 1 atom stereocenters. The molecule has 1 unspecified atom stereocenters. The van der Waals surface area contributed by atoms with Crippen LogP contribution in [0, 0.1) is 5.82 Å². The molecule has 1 aromatic heterocycles. The molecule has 0 aliphatic heterocycles. The van der Waals surface area contributed by atoms with Crippen molar-refractivity contribution in [3.8, 4) is 0 Å². The first-order valence-electron chi connectivity index (χ1n) is 6.54. The number of benzene rings is 1. The fraction of sp³-hybridized carbons (Fsp3) is 0.267. The van der Waals surface area contributed by atoms with Crippen LogP contribution < -0.4 is 10.6 Å². The molecule has 21 heavy (non-hydrogen) atoms. The van der Waals surface area contributed by atoms with E-state index in [4.69, 9.17) is 23.2 Å². The SMILES string of the molecule is CNc1nc(NC(C)Cc2ccc(F)cc2)c(Cl)cc1Cl. The molecule has 2 rings (SSSR count). The van der Waals surface area contributed by atoms with Gasteiger partial charge in [0.1, 0.15) is 17.5 Å². The third-order valence-electron chi connectivity index (χ3n) is 3.00. The van der Waals surface area contributed by atoms with E-state index in [9.17, 15) is 4.39 Å². The summed E-state index contributed by atoms with van der Waals surface area (Å²) in [6.45, 7) is 2.01. The van der Waals surface area contributed by atoms with Crippen LogP contribution in [-0.2, 0) is 6.42 Å². The van der Waals surface area contributed by atoms with Crippen molar-refractivity contribution >= 4 is 34.8 Å². The molecule has 0 aliphatic rings. The molecule has 1 aromatic carbocycles. The smallest absolute Gasteiger partial charge is 0.147 e. The minimum absolute atomic E-state index is 0.0892. The van der Waals surface area contributed by atoms with Gasteiger partial charge in [-0.25, -0.2) is 9.37 Å². The van der Waals surface area contributed by atoms with Crippen LogP contribution in [0.1, 0.15) is 12.5 Å². The van der Waals surface area contributed by atoms with Crippen molar-refractivity contribution in [3.63, 3.8) is 0 Å². The first kappa shape index (κ1) is 15.9. The fourth-order valence-electron chi connectivity index (χ4n) is 2.00. The van der Waals surface area contributed by atoms with E-state index in [0.29, 0.717) is 21.7 Å². The predicted molar refractivity (Wildman–Crippen MR) is 87.0 cm³/mol. The fourth-order valence-corrected chi connectivity index (χ4v) is 2.51. The van der Waals surface area contributed by atoms with E-state index in [1.165, 1.54) is 12.1 Å². The number of nitrogens with zero attached hydrogens (tertiary/aromatic N) is 1. The van der Waals surface area contributed by atoms with E-state index in [0.717, 1.165) is 12.0 Å². The number of halogens is 3. The Bertz CT molecular complexity index is 617. The van der Waals surface area contributed by atoms with Gasteiger partial charge in [0.15, 0.2) is 0 Å². The Morgan fingerprint density at radius 1 is 1.14 bits per heavy atom. The molecule has 0 aliphatic carbocycles. The number of aromatic nitrogens is 1. The summed E-state index contributed by atoms with van der Waals surface area (Å²) in [6.07, 6.45) is 0.732. The first-order valence-corrected chi connectivity index (χ1v) is 7.30. The van der Waals surface area contributed by atoms with Crippen LogP contribution in [0.3, 0.4) is 0 Å². The highest BCUT2D eigenvalue weighted by Gasteiger charge is 2.11. The minimum Gasteiger partial charge on any atom is -0.372 e. The second-order valence-electron chi connectivity index (χ2n) is 4.78. The van der Waals surface area contributed by atoms with Gasteiger partial charge in [-0.15, -0.1) is 0 Å². The summed E-state index contributed by atoms with van der Waals surface area (Å²) in [4.78, 5) is 4.34. The molecule has 0 bridgehead atoms. The van der Waals surface area contributed by atoms with Crippen LogP contribution in [0.15, 0.2) is 30.3 Å². The molecule has 2 N–H and O–H groups in total. The van der Waals surface area contributed by atoms with Gasteiger partial charge < -0.3 is 10.6 Å². The molecule has 0 fully saturated rings. The van der Waals surface area contributed by atoms with Crippen molar-refractivity contribution in [2.24, 2.45) is 0 Å². The lowest BCUT2D eigenvalue weighted by Gasteiger charge is -2.17. The summed E-state index contributed by atoms with van der Waals surface area (Å²) >= 11 is 12.1. The largest absolute Gasteiger partial charge is 0.372 e. The van der Waals surface area contributed by atoms with Gasteiger partial charge in [-0.1, -0.05) is 35.3 Å². The van der Waals surface area contributed by atoms with Crippen molar-refractivity contribution < 1.29 is 4.39 Å². The maximum absolute atomic E-state index is 12.9. The maximum Gasteiger partial charge on any atom is 0.147 e. The summed E-state index contributed by atoms with van der Waals surface area (Å²) in [5.74, 6) is 0.901. The highest BCUT2D eigenvalue weighted by Crippen LogP contribution is 2.29. The van der Waals surface area contributed by atoms with Gasteiger partial charge in [0, 0.05) is 13.1 Å². The third kappa shape index (κ3) is 4.22. The average Bonchev–Trinajstić information content (AvgIpc) is 2.44. The zero-order valence-corrected chi connectivity index (χ0v) is 13.3. The standard InChI is InChI=1S/C15H16Cl2FN3/c1-9(7-10-3-5-11(18)6-4-10)20-15-13(17)8-12(16)14(19-2)21-15/h3-6,8-9H,7H2,1-2H3,(H2,19,20,21). The molecule has 0 saturated carbocycles. The molecular formula is C15H16Cl2FN3. The van der Waals surface area contributed by atoms with E-state index in [2.05, 4.69) is 15.6 Å². The minimum atomic E-state index is -0.236.